The lowest BCUT2D eigenvalue weighted by Crippen LogP contribution is -2.75. The Hall–Kier alpha value is -1.46. The molecule has 0 saturated carbocycles. The normalized spacial score (nSPS) is 23.6. The number of carbonyl (C=O) groups is 2. The van der Waals surface area contributed by atoms with Gasteiger partial charge < -0.3 is 19.5 Å². The summed E-state index contributed by atoms with van der Waals surface area (Å²) in [6.07, 6.45) is -1.31. The molecule has 1 saturated heterocycles. The van der Waals surface area contributed by atoms with Gasteiger partial charge in [0.1, 0.15) is 16.7 Å². The first-order valence-electron chi connectivity index (χ1n) is 5.92. The molecule has 6 heteroatoms. The second-order valence-corrected chi connectivity index (χ2v) is 5.45. The van der Waals surface area contributed by atoms with E-state index in [0.717, 1.165) is 0 Å². The molecule has 1 fully saturated rings. The van der Waals surface area contributed by atoms with Crippen LogP contribution in [-0.4, -0.2) is 35.6 Å². The molecular formula is C12H21NO5. The minimum atomic E-state index is -0.918. The maximum Gasteiger partial charge on any atom is 0.509 e. The van der Waals surface area contributed by atoms with Crippen molar-refractivity contribution in [3.8, 4) is 0 Å². The molecule has 104 valence electrons. The van der Waals surface area contributed by atoms with Gasteiger partial charge in [0.15, 0.2) is 0 Å². The smallest absolute Gasteiger partial charge is 0.450 e. The number of hydrogen-bond donors (Lipinski definition) is 1. The molecule has 0 aromatic rings. The molecule has 0 bridgehead atoms. The van der Waals surface area contributed by atoms with Crippen molar-refractivity contribution in [2.75, 3.05) is 6.61 Å². The average Bonchev–Trinajstić information content (AvgIpc) is 2.13. The van der Waals surface area contributed by atoms with Crippen molar-refractivity contribution in [1.29, 1.82) is 0 Å². The van der Waals surface area contributed by atoms with Crippen molar-refractivity contribution in [1.82, 2.24) is 5.32 Å². The fourth-order valence-electron chi connectivity index (χ4n) is 2.04. The second kappa shape index (κ2) is 4.33. The van der Waals surface area contributed by atoms with Gasteiger partial charge in [-0.3, -0.25) is 0 Å². The number of rotatable bonds is 2. The Labute approximate surface area is 107 Å². The van der Waals surface area contributed by atoms with Crippen LogP contribution in [0.2, 0.25) is 0 Å². The number of alkyl carbamates (subject to hydrolysis) is 1. The van der Waals surface area contributed by atoms with Crippen molar-refractivity contribution in [3.63, 3.8) is 0 Å². The van der Waals surface area contributed by atoms with E-state index in [4.69, 9.17) is 14.2 Å². The second-order valence-electron chi connectivity index (χ2n) is 5.45. The molecule has 0 radical (unpaired) electrons. The first kappa shape index (κ1) is 14.6. The minimum Gasteiger partial charge on any atom is -0.450 e. The first-order valence-corrected chi connectivity index (χ1v) is 5.92. The third-order valence-corrected chi connectivity index (χ3v) is 3.71. The van der Waals surface area contributed by atoms with Crippen LogP contribution in [0.1, 0.15) is 41.5 Å². The van der Waals surface area contributed by atoms with Gasteiger partial charge in [-0.05, 0) is 41.5 Å². The summed E-state index contributed by atoms with van der Waals surface area (Å²) in [4.78, 5) is 23.0. The predicted octanol–water partition coefficient (Wildman–Crippen LogP) is 2.22. The zero-order valence-electron chi connectivity index (χ0n) is 11.7. The molecular weight excluding hydrogens is 238 g/mol. The van der Waals surface area contributed by atoms with Crippen LogP contribution >= 0.6 is 0 Å². The quantitative estimate of drug-likeness (QED) is 0.770. The van der Waals surface area contributed by atoms with Crippen LogP contribution in [-0.2, 0) is 14.2 Å². The third kappa shape index (κ3) is 2.23. The number of nitrogens with one attached hydrogen (secondary N) is 1. The molecule has 1 heterocycles. The average molecular weight is 259 g/mol. The molecule has 0 atom stereocenters. The Morgan fingerprint density at radius 3 is 2.00 bits per heavy atom. The van der Waals surface area contributed by atoms with E-state index in [1.165, 1.54) is 0 Å². The molecule has 0 unspecified atom stereocenters. The monoisotopic (exact) mass is 259 g/mol. The summed E-state index contributed by atoms with van der Waals surface area (Å²) in [7, 11) is 0. The standard InChI is InChI=1S/C12H21NO5/c1-7-16-8(14)13-12(6)10(2,3)17-9(15)18-11(12,4)5/h7H2,1-6H3,(H,13,14). The number of hydrogen-bond acceptors (Lipinski definition) is 5. The molecule has 18 heavy (non-hydrogen) atoms. The number of carbonyl (C=O) groups excluding carboxylic acids is 2. The highest BCUT2D eigenvalue weighted by molar-refractivity contribution is 5.70. The van der Waals surface area contributed by atoms with Crippen LogP contribution in [0.4, 0.5) is 9.59 Å². The summed E-state index contributed by atoms with van der Waals surface area (Å²) in [5.74, 6) is 0. The highest BCUT2D eigenvalue weighted by Crippen LogP contribution is 2.41. The van der Waals surface area contributed by atoms with E-state index < -0.39 is 29.0 Å². The van der Waals surface area contributed by atoms with Gasteiger partial charge in [0.2, 0.25) is 0 Å². The minimum absolute atomic E-state index is 0.267. The van der Waals surface area contributed by atoms with Crippen LogP contribution < -0.4 is 5.32 Å². The largest absolute Gasteiger partial charge is 0.509 e. The number of ether oxygens (including phenoxy) is 3. The lowest BCUT2D eigenvalue weighted by atomic mass is 9.71. The van der Waals surface area contributed by atoms with Crippen molar-refractivity contribution < 1.29 is 23.8 Å². The van der Waals surface area contributed by atoms with Gasteiger partial charge in [0.25, 0.3) is 0 Å². The molecule has 1 rings (SSSR count). The number of cyclic esters (lactones) is 2. The zero-order valence-corrected chi connectivity index (χ0v) is 11.7. The van der Waals surface area contributed by atoms with Crippen molar-refractivity contribution in [3.05, 3.63) is 0 Å². The van der Waals surface area contributed by atoms with Gasteiger partial charge >= 0.3 is 12.2 Å². The fraction of sp³-hybridized carbons (Fsp3) is 0.833. The fourth-order valence-corrected chi connectivity index (χ4v) is 2.04. The third-order valence-electron chi connectivity index (χ3n) is 3.71. The summed E-state index contributed by atoms with van der Waals surface area (Å²) in [6, 6.07) is 0. The molecule has 6 nitrogen and oxygen atoms in total. The molecule has 1 N–H and O–H groups in total. The van der Waals surface area contributed by atoms with Crippen LogP contribution in [0.25, 0.3) is 0 Å². The molecule has 1 aliphatic heterocycles. The van der Waals surface area contributed by atoms with Gasteiger partial charge in [-0.1, -0.05) is 0 Å². The summed E-state index contributed by atoms with van der Waals surface area (Å²) < 4.78 is 15.2. The predicted molar refractivity (Wildman–Crippen MR) is 64.3 cm³/mol. The van der Waals surface area contributed by atoms with Gasteiger partial charge in [0, 0.05) is 0 Å². The Morgan fingerprint density at radius 2 is 1.61 bits per heavy atom. The van der Waals surface area contributed by atoms with E-state index in [1.807, 2.05) is 0 Å². The molecule has 1 aliphatic rings. The summed E-state index contributed by atoms with van der Waals surface area (Å²) in [5.41, 5.74) is -2.75. The Bertz CT molecular complexity index is 341. The maximum atomic E-state index is 11.6. The first-order chi connectivity index (χ1) is 8.06. The van der Waals surface area contributed by atoms with E-state index in [0.29, 0.717) is 0 Å². The maximum absolute atomic E-state index is 11.6. The van der Waals surface area contributed by atoms with Crippen LogP contribution in [0.3, 0.4) is 0 Å². The lowest BCUT2D eigenvalue weighted by Gasteiger charge is -2.54. The van der Waals surface area contributed by atoms with E-state index in [9.17, 15) is 9.59 Å². The van der Waals surface area contributed by atoms with Gasteiger partial charge in [-0.25, -0.2) is 9.59 Å². The van der Waals surface area contributed by atoms with E-state index >= 15 is 0 Å². The highest BCUT2D eigenvalue weighted by atomic mass is 16.8. The SMILES string of the molecule is CCOC(=O)NC1(C)C(C)(C)OC(=O)OC1(C)C. The van der Waals surface area contributed by atoms with Gasteiger partial charge in [-0.15, -0.1) is 0 Å². The topological polar surface area (TPSA) is 73.9 Å². The van der Waals surface area contributed by atoms with E-state index in [2.05, 4.69) is 5.32 Å². The summed E-state index contributed by atoms with van der Waals surface area (Å²) in [6.45, 7) is 10.6. The van der Waals surface area contributed by atoms with Crippen molar-refractivity contribution in [2.45, 2.75) is 58.3 Å². The van der Waals surface area contributed by atoms with Crippen molar-refractivity contribution in [2.24, 2.45) is 0 Å². The Kier molecular flexibility index (Phi) is 3.51. The van der Waals surface area contributed by atoms with E-state index in [1.54, 1.807) is 41.5 Å². The molecule has 0 spiro atoms. The molecule has 0 aromatic carbocycles. The van der Waals surface area contributed by atoms with Gasteiger partial charge in [0.05, 0.1) is 6.61 Å². The zero-order chi connectivity index (χ0) is 14.2. The molecule has 1 amide bonds. The van der Waals surface area contributed by atoms with Gasteiger partial charge in [-0.2, -0.15) is 0 Å². The Balaban J connectivity index is 3.06. The van der Waals surface area contributed by atoms with Crippen LogP contribution in [0, 0.1) is 0 Å². The van der Waals surface area contributed by atoms with E-state index in [-0.39, 0.29) is 6.61 Å². The lowest BCUT2D eigenvalue weighted by molar-refractivity contribution is -0.194. The molecule has 0 aromatic heterocycles. The van der Waals surface area contributed by atoms with Crippen LogP contribution in [0.15, 0.2) is 0 Å². The molecule has 0 aliphatic carbocycles. The Morgan fingerprint density at radius 1 is 1.17 bits per heavy atom. The summed E-state index contributed by atoms with van der Waals surface area (Å²) >= 11 is 0. The van der Waals surface area contributed by atoms with Crippen LogP contribution in [0.5, 0.6) is 0 Å². The summed E-state index contributed by atoms with van der Waals surface area (Å²) in [5, 5.41) is 2.73. The highest BCUT2D eigenvalue weighted by Gasteiger charge is 2.61. The van der Waals surface area contributed by atoms with Crippen molar-refractivity contribution >= 4 is 12.2 Å². The number of amides is 1.